The molecule has 3 heteroatoms. The van der Waals surface area contributed by atoms with Gasteiger partial charge in [0.2, 0.25) is 0 Å². The highest BCUT2D eigenvalue weighted by Gasteiger charge is 1.96. The first-order valence-corrected chi connectivity index (χ1v) is 6.84. The molecule has 0 aliphatic rings. The number of hydrogen-bond acceptors (Lipinski definition) is 3. The minimum absolute atomic E-state index is 0.732. The predicted octanol–water partition coefficient (Wildman–Crippen LogP) is 3.23. The summed E-state index contributed by atoms with van der Waals surface area (Å²) < 4.78 is 5.65. The zero-order valence-electron chi connectivity index (χ0n) is 11.9. The molecule has 18 heavy (non-hydrogen) atoms. The maximum atomic E-state index is 5.65. The molecule has 0 aliphatic heterocycles. The Bertz CT molecular complexity index is 309. The van der Waals surface area contributed by atoms with Crippen LogP contribution in [0.2, 0.25) is 0 Å². The lowest BCUT2D eigenvalue weighted by atomic mass is 10.2. The van der Waals surface area contributed by atoms with Gasteiger partial charge in [0.05, 0.1) is 0 Å². The van der Waals surface area contributed by atoms with Gasteiger partial charge in [0.25, 0.3) is 0 Å². The van der Waals surface area contributed by atoms with E-state index in [0.717, 1.165) is 25.4 Å². The second-order valence-electron chi connectivity index (χ2n) is 4.81. The zero-order valence-corrected chi connectivity index (χ0v) is 11.9. The normalized spacial score (nSPS) is 10.7. The van der Waals surface area contributed by atoms with E-state index in [1.54, 1.807) is 0 Å². The lowest BCUT2D eigenvalue weighted by Gasteiger charge is -2.11. The standard InChI is InChI=1S/C15H26N2O/c1-4-5-6-11-16-14-7-9-15(10-8-14)18-13-12-17(2)3/h7-10,16H,4-6,11-13H2,1-3H3. The number of benzene rings is 1. The molecule has 0 unspecified atom stereocenters. The van der Waals surface area contributed by atoms with Gasteiger partial charge in [-0.2, -0.15) is 0 Å². The molecule has 1 aromatic carbocycles. The van der Waals surface area contributed by atoms with Gasteiger partial charge in [-0.25, -0.2) is 0 Å². The number of rotatable bonds is 9. The number of unbranched alkanes of at least 4 members (excludes halogenated alkanes) is 2. The summed E-state index contributed by atoms with van der Waals surface area (Å²) in [6, 6.07) is 8.21. The molecule has 0 heterocycles. The molecule has 0 radical (unpaired) electrons. The van der Waals surface area contributed by atoms with Crippen molar-refractivity contribution < 1.29 is 4.74 Å². The van der Waals surface area contributed by atoms with Crippen LogP contribution in [0.1, 0.15) is 26.2 Å². The molecule has 1 rings (SSSR count). The quantitative estimate of drug-likeness (QED) is 0.681. The van der Waals surface area contributed by atoms with Crippen molar-refractivity contribution in [1.82, 2.24) is 4.90 Å². The summed E-state index contributed by atoms with van der Waals surface area (Å²) in [7, 11) is 4.10. The van der Waals surface area contributed by atoms with Crippen molar-refractivity contribution in [3.05, 3.63) is 24.3 Å². The summed E-state index contributed by atoms with van der Waals surface area (Å²) in [6.45, 7) is 4.95. The maximum absolute atomic E-state index is 5.65. The molecule has 0 fully saturated rings. The summed E-state index contributed by atoms with van der Waals surface area (Å²) in [5.41, 5.74) is 1.17. The molecule has 102 valence electrons. The van der Waals surface area contributed by atoms with Gasteiger partial charge in [0.15, 0.2) is 0 Å². The number of anilines is 1. The number of likely N-dealkylation sites (N-methyl/N-ethyl adjacent to an activating group) is 1. The Balaban J connectivity index is 2.24. The highest BCUT2D eigenvalue weighted by molar-refractivity contribution is 5.46. The van der Waals surface area contributed by atoms with E-state index in [9.17, 15) is 0 Å². The third-order valence-electron chi connectivity index (χ3n) is 2.77. The van der Waals surface area contributed by atoms with Crippen LogP contribution in [-0.2, 0) is 0 Å². The first-order chi connectivity index (χ1) is 8.72. The van der Waals surface area contributed by atoms with Gasteiger partial charge in [-0.1, -0.05) is 19.8 Å². The van der Waals surface area contributed by atoms with Gasteiger partial charge < -0.3 is 15.0 Å². The molecule has 1 N–H and O–H groups in total. The molecule has 0 bridgehead atoms. The third-order valence-corrected chi connectivity index (χ3v) is 2.77. The SMILES string of the molecule is CCCCCNc1ccc(OCCN(C)C)cc1. The Morgan fingerprint density at radius 3 is 2.44 bits per heavy atom. The third kappa shape index (κ3) is 6.50. The predicted molar refractivity (Wildman–Crippen MR) is 78.5 cm³/mol. The summed E-state index contributed by atoms with van der Waals surface area (Å²) >= 11 is 0. The molecule has 0 spiro atoms. The smallest absolute Gasteiger partial charge is 0.119 e. The number of ether oxygens (including phenoxy) is 1. The first-order valence-electron chi connectivity index (χ1n) is 6.84. The molecule has 0 aliphatic carbocycles. The second kappa shape index (κ2) is 8.81. The fraction of sp³-hybridized carbons (Fsp3) is 0.600. The van der Waals surface area contributed by atoms with Crippen LogP contribution in [0, 0.1) is 0 Å². The van der Waals surface area contributed by atoms with Crippen LogP contribution in [0.15, 0.2) is 24.3 Å². The topological polar surface area (TPSA) is 24.5 Å². The van der Waals surface area contributed by atoms with Gasteiger partial charge in [0.1, 0.15) is 12.4 Å². The summed E-state index contributed by atoms with van der Waals surface area (Å²) in [5.74, 6) is 0.941. The summed E-state index contributed by atoms with van der Waals surface area (Å²) in [6.07, 6.45) is 3.79. The minimum atomic E-state index is 0.732. The van der Waals surface area contributed by atoms with Crippen molar-refractivity contribution in [2.24, 2.45) is 0 Å². The van der Waals surface area contributed by atoms with Gasteiger partial charge in [-0.3, -0.25) is 0 Å². The Labute approximate surface area is 111 Å². The Morgan fingerprint density at radius 2 is 1.83 bits per heavy atom. The maximum Gasteiger partial charge on any atom is 0.119 e. The van der Waals surface area contributed by atoms with Crippen LogP contribution in [-0.4, -0.2) is 38.7 Å². The van der Waals surface area contributed by atoms with Crippen molar-refractivity contribution in [2.75, 3.05) is 39.1 Å². The summed E-state index contributed by atoms with van der Waals surface area (Å²) in [4.78, 5) is 2.11. The molecule has 3 nitrogen and oxygen atoms in total. The van der Waals surface area contributed by atoms with Crippen LogP contribution in [0.5, 0.6) is 5.75 Å². The van der Waals surface area contributed by atoms with Crippen molar-refractivity contribution in [3.63, 3.8) is 0 Å². The largest absolute Gasteiger partial charge is 0.492 e. The fourth-order valence-corrected chi connectivity index (χ4v) is 1.62. The van der Waals surface area contributed by atoms with E-state index in [1.165, 1.54) is 24.9 Å². The molecular weight excluding hydrogens is 224 g/mol. The van der Waals surface area contributed by atoms with E-state index < -0.39 is 0 Å². The van der Waals surface area contributed by atoms with E-state index in [-0.39, 0.29) is 0 Å². The van der Waals surface area contributed by atoms with Crippen LogP contribution >= 0.6 is 0 Å². The Kier molecular flexibility index (Phi) is 7.26. The molecule has 0 saturated carbocycles. The lowest BCUT2D eigenvalue weighted by Crippen LogP contribution is -2.19. The van der Waals surface area contributed by atoms with Crippen LogP contribution in [0.3, 0.4) is 0 Å². The van der Waals surface area contributed by atoms with Crippen LogP contribution in [0.4, 0.5) is 5.69 Å². The van der Waals surface area contributed by atoms with Gasteiger partial charge in [-0.05, 0) is 44.8 Å². The molecule has 0 atom stereocenters. The molecule has 0 amide bonds. The first kappa shape index (κ1) is 14.8. The van der Waals surface area contributed by atoms with E-state index >= 15 is 0 Å². The van der Waals surface area contributed by atoms with Crippen molar-refractivity contribution >= 4 is 5.69 Å². The van der Waals surface area contributed by atoms with E-state index in [2.05, 4.69) is 29.3 Å². The highest BCUT2D eigenvalue weighted by Crippen LogP contribution is 2.15. The van der Waals surface area contributed by atoms with Crippen molar-refractivity contribution in [3.8, 4) is 5.75 Å². The minimum Gasteiger partial charge on any atom is -0.492 e. The second-order valence-corrected chi connectivity index (χ2v) is 4.81. The van der Waals surface area contributed by atoms with E-state index in [1.807, 2.05) is 26.2 Å². The van der Waals surface area contributed by atoms with Crippen molar-refractivity contribution in [2.45, 2.75) is 26.2 Å². The average Bonchev–Trinajstić information content (AvgIpc) is 2.36. The van der Waals surface area contributed by atoms with Gasteiger partial charge >= 0.3 is 0 Å². The molecule has 1 aromatic rings. The molecule has 0 saturated heterocycles. The zero-order chi connectivity index (χ0) is 13.2. The lowest BCUT2D eigenvalue weighted by molar-refractivity contribution is 0.261. The number of hydrogen-bond donors (Lipinski definition) is 1. The van der Waals surface area contributed by atoms with Crippen LogP contribution in [0.25, 0.3) is 0 Å². The highest BCUT2D eigenvalue weighted by atomic mass is 16.5. The van der Waals surface area contributed by atoms with Crippen molar-refractivity contribution in [1.29, 1.82) is 0 Å². The number of nitrogens with one attached hydrogen (secondary N) is 1. The monoisotopic (exact) mass is 250 g/mol. The van der Waals surface area contributed by atoms with E-state index in [0.29, 0.717) is 0 Å². The molecule has 0 aromatic heterocycles. The van der Waals surface area contributed by atoms with Gasteiger partial charge in [-0.15, -0.1) is 0 Å². The fourth-order valence-electron chi connectivity index (χ4n) is 1.62. The average molecular weight is 250 g/mol. The van der Waals surface area contributed by atoms with Gasteiger partial charge in [0, 0.05) is 18.8 Å². The Hall–Kier alpha value is -1.22. The number of nitrogens with zero attached hydrogens (tertiary/aromatic N) is 1. The van der Waals surface area contributed by atoms with Crippen LogP contribution < -0.4 is 10.1 Å². The Morgan fingerprint density at radius 1 is 1.11 bits per heavy atom. The molecular formula is C15H26N2O. The van der Waals surface area contributed by atoms with E-state index in [4.69, 9.17) is 4.74 Å². The summed E-state index contributed by atoms with van der Waals surface area (Å²) in [5, 5.41) is 3.42.